The van der Waals surface area contributed by atoms with Gasteiger partial charge in [-0.25, -0.2) is 15.0 Å². The summed E-state index contributed by atoms with van der Waals surface area (Å²) in [4.78, 5) is 19.2. The lowest BCUT2D eigenvalue weighted by Gasteiger charge is -2.35. The molecule has 134 valence electrons. The highest BCUT2D eigenvalue weighted by Gasteiger charge is 2.31. The number of nitrogens with zero attached hydrogens (tertiary/aromatic N) is 4. The minimum absolute atomic E-state index is 0.152. The van der Waals surface area contributed by atoms with Gasteiger partial charge in [0.15, 0.2) is 0 Å². The number of imidazole rings is 1. The number of aromatic amines is 1. The summed E-state index contributed by atoms with van der Waals surface area (Å²) in [6, 6.07) is 8.91. The van der Waals surface area contributed by atoms with Gasteiger partial charge in [0.1, 0.15) is 0 Å². The molecule has 1 atom stereocenters. The van der Waals surface area contributed by atoms with Gasteiger partial charge in [-0.1, -0.05) is 29.8 Å². The van der Waals surface area contributed by atoms with Crippen molar-refractivity contribution in [2.45, 2.75) is 32.9 Å². The molecule has 2 N–H and O–H groups in total. The highest BCUT2D eigenvalue weighted by Crippen LogP contribution is 2.34. The molecular weight excluding hydrogens is 324 g/mol. The second-order valence-electron chi connectivity index (χ2n) is 6.75. The summed E-state index contributed by atoms with van der Waals surface area (Å²) in [5.74, 6) is 0.680. The Balaban J connectivity index is 1.62. The van der Waals surface area contributed by atoms with E-state index in [1.807, 2.05) is 25.6 Å². The number of hydrogen-bond acceptors (Lipinski definition) is 5. The van der Waals surface area contributed by atoms with E-state index < -0.39 is 0 Å². The normalized spacial score (nSPS) is 17.1. The van der Waals surface area contributed by atoms with E-state index in [1.54, 1.807) is 0 Å². The minimum Gasteiger partial charge on any atom is -0.355 e. The number of fused-ring (bicyclic) bond motifs is 1. The second-order valence-corrected chi connectivity index (χ2v) is 6.75. The summed E-state index contributed by atoms with van der Waals surface area (Å²) in [6.07, 6.45) is 6.62. The van der Waals surface area contributed by atoms with Crippen LogP contribution in [0.1, 0.15) is 41.0 Å². The Hall–Kier alpha value is -2.73. The Morgan fingerprint density at radius 1 is 1.15 bits per heavy atom. The van der Waals surface area contributed by atoms with Crippen LogP contribution in [0.5, 0.6) is 0 Å². The third-order valence-corrected chi connectivity index (χ3v) is 4.84. The van der Waals surface area contributed by atoms with E-state index in [2.05, 4.69) is 61.3 Å². The number of aryl methyl sites for hydroxylation is 1. The summed E-state index contributed by atoms with van der Waals surface area (Å²) >= 11 is 0. The topological polar surface area (TPSA) is 69.7 Å². The summed E-state index contributed by atoms with van der Waals surface area (Å²) in [6.45, 7) is 6.76. The Labute approximate surface area is 153 Å². The molecule has 2 aromatic heterocycles. The van der Waals surface area contributed by atoms with E-state index in [4.69, 9.17) is 0 Å². The van der Waals surface area contributed by atoms with Gasteiger partial charge in [0.25, 0.3) is 0 Å². The lowest BCUT2D eigenvalue weighted by atomic mass is 9.94. The molecule has 4 rings (SSSR count). The third-order valence-electron chi connectivity index (χ3n) is 4.84. The SMILES string of the molecule is CCNc1ncc(CN2CCc3[nH]cnc3C2c2ccc(C)cc2)cn1. The molecule has 0 spiro atoms. The van der Waals surface area contributed by atoms with Crippen LogP contribution in [0.25, 0.3) is 0 Å². The number of H-pyrrole nitrogens is 1. The fraction of sp³-hybridized carbons (Fsp3) is 0.350. The van der Waals surface area contributed by atoms with E-state index in [0.29, 0.717) is 5.95 Å². The van der Waals surface area contributed by atoms with Crippen LogP contribution in [0.2, 0.25) is 0 Å². The first-order valence-electron chi connectivity index (χ1n) is 9.12. The Bertz CT molecular complexity index is 853. The van der Waals surface area contributed by atoms with Crippen LogP contribution < -0.4 is 5.32 Å². The Kier molecular flexibility index (Phi) is 4.67. The number of aromatic nitrogens is 4. The zero-order valence-electron chi connectivity index (χ0n) is 15.2. The maximum atomic E-state index is 4.63. The molecule has 0 saturated heterocycles. The van der Waals surface area contributed by atoms with Crippen LogP contribution in [0.15, 0.2) is 43.0 Å². The molecule has 0 saturated carbocycles. The molecule has 0 fully saturated rings. The van der Waals surface area contributed by atoms with Crippen LogP contribution in [-0.2, 0) is 13.0 Å². The molecule has 1 aromatic carbocycles. The Morgan fingerprint density at radius 3 is 2.65 bits per heavy atom. The first-order chi connectivity index (χ1) is 12.7. The predicted octanol–water partition coefficient (Wildman–Crippen LogP) is 3.09. The zero-order chi connectivity index (χ0) is 17.9. The van der Waals surface area contributed by atoms with E-state index in [-0.39, 0.29) is 6.04 Å². The first-order valence-corrected chi connectivity index (χ1v) is 9.12. The first kappa shape index (κ1) is 16.7. The molecule has 3 heterocycles. The van der Waals surface area contributed by atoms with Crippen molar-refractivity contribution in [3.8, 4) is 0 Å². The van der Waals surface area contributed by atoms with Gasteiger partial charge in [-0.05, 0) is 19.4 Å². The van der Waals surface area contributed by atoms with Gasteiger partial charge in [-0.2, -0.15) is 0 Å². The zero-order valence-corrected chi connectivity index (χ0v) is 15.2. The molecule has 26 heavy (non-hydrogen) atoms. The smallest absolute Gasteiger partial charge is 0.222 e. The molecule has 1 aliphatic heterocycles. The molecular formula is C20H24N6. The van der Waals surface area contributed by atoms with Gasteiger partial charge in [-0.3, -0.25) is 4.90 Å². The average Bonchev–Trinajstić information content (AvgIpc) is 3.13. The largest absolute Gasteiger partial charge is 0.355 e. The third kappa shape index (κ3) is 3.32. The number of hydrogen-bond donors (Lipinski definition) is 2. The van der Waals surface area contributed by atoms with Crippen molar-refractivity contribution in [1.82, 2.24) is 24.8 Å². The number of benzene rings is 1. The molecule has 0 bridgehead atoms. The van der Waals surface area contributed by atoms with Gasteiger partial charge < -0.3 is 10.3 Å². The molecule has 3 aromatic rings. The molecule has 0 amide bonds. The summed E-state index contributed by atoms with van der Waals surface area (Å²) in [7, 11) is 0. The van der Waals surface area contributed by atoms with Crippen molar-refractivity contribution in [2.75, 3.05) is 18.4 Å². The lowest BCUT2D eigenvalue weighted by molar-refractivity contribution is 0.200. The van der Waals surface area contributed by atoms with E-state index in [1.165, 1.54) is 16.8 Å². The van der Waals surface area contributed by atoms with Crippen LogP contribution in [0.3, 0.4) is 0 Å². The van der Waals surface area contributed by atoms with E-state index in [9.17, 15) is 0 Å². The average molecular weight is 348 g/mol. The maximum absolute atomic E-state index is 4.63. The fourth-order valence-electron chi connectivity index (χ4n) is 3.53. The number of anilines is 1. The molecule has 0 aliphatic carbocycles. The van der Waals surface area contributed by atoms with Crippen LogP contribution in [-0.4, -0.2) is 37.9 Å². The van der Waals surface area contributed by atoms with E-state index in [0.717, 1.165) is 37.3 Å². The molecule has 6 nitrogen and oxygen atoms in total. The van der Waals surface area contributed by atoms with Gasteiger partial charge >= 0.3 is 0 Å². The summed E-state index contributed by atoms with van der Waals surface area (Å²) < 4.78 is 0. The van der Waals surface area contributed by atoms with Crippen LogP contribution in [0, 0.1) is 6.92 Å². The molecule has 0 radical (unpaired) electrons. The van der Waals surface area contributed by atoms with Gasteiger partial charge in [-0.15, -0.1) is 0 Å². The molecule has 1 aliphatic rings. The number of nitrogens with one attached hydrogen (secondary N) is 2. The van der Waals surface area contributed by atoms with Crippen LogP contribution in [0.4, 0.5) is 5.95 Å². The summed E-state index contributed by atoms with van der Waals surface area (Å²) in [5, 5.41) is 3.14. The maximum Gasteiger partial charge on any atom is 0.222 e. The molecule has 1 unspecified atom stereocenters. The highest BCUT2D eigenvalue weighted by atomic mass is 15.2. The standard InChI is InChI=1S/C20H24N6/c1-3-21-20-22-10-15(11-23-20)12-26-9-8-17-18(25-13-24-17)19(26)16-6-4-14(2)5-7-16/h4-7,10-11,13,19H,3,8-9,12H2,1-2H3,(H,24,25)(H,21,22,23). The monoisotopic (exact) mass is 348 g/mol. The van der Waals surface area contributed by atoms with Crippen molar-refractivity contribution < 1.29 is 0 Å². The van der Waals surface area contributed by atoms with E-state index >= 15 is 0 Å². The highest BCUT2D eigenvalue weighted by molar-refractivity contribution is 5.34. The van der Waals surface area contributed by atoms with Crippen LogP contribution >= 0.6 is 0 Å². The van der Waals surface area contributed by atoms with Gasteiger partial charge in [0.2, 0.25) is 5.95 Å². The van der Waals surface area contributed by atoms with Gasteiger partial charge in [0.05, 0.1) is 18.1 Å². The van der Waals surface area contributed by atoms with Crippen molar-refractivity contribution in [3.05, 3.63) is 71.1 Å². The van der Waals surface area contributed by atoms with Crippen molar-refractivity contribution >= 4 is 5.95 Å². The minimum atomic E-state index is 0.152. The molecule has 6 heteroatoms. The lowest BCUT2D eigenvalue weighted by Crippen LogP contribution is -2.36. The van der Waals surface area contributed by atoms with Crippen molar-refractivity contribution in [3.63, 3.8) is 0 Å². The summed E-state index contributed by atoms with van der Waals surface area (Å²) in [5.41, 5.74) is 6.03. The van der Waals surface area contributed by atoms with Crippen molar-refractivity contribution in [2.24, 2.45) is 0 Å². The van der Waals surface area contributed by atoms with Gasteiger partial charge in [0, 0.05) is 49.7 Å². The quantitative estimate of drug-likeness (QED) is 0.741. The fourth-order valence-corrected chi connectivity index (χ4v) is 3.53. The second kappa shape index (κ2) is 7.25. The Morgan fingerprint density at radius 2 is 1.92 bits per heavy atom. The predicted molar refractivity (Wildman–Crippen MR) is 102 cm³/mol. The number of rotatable bonds is 5. The van der Waals surface area contributed by atoms with Crippen molar-refractivity contribution in [1.29, 1.82) is 0 Å².